The molecule has 1 rings (SSSR count). The first kappa shape index (κ1) is 11.2. The summed E-state index contributed by atoms with van der Waals surface area (Å²) in [7, 11) is 0. The molecule has 1 amide bonds. The standard InChI is InChI=1S/C11H13NO3/c1-8-2-4-9(5-3-8)6-7-12-10(13)11(14)15/h2-5H,6-7H2,1H3,(H,12,13)(H,14,15). The highest BCUT2D eigenvalue weighted by atomic mass is 16.4. The van der Waals surface area contributed by atoms with Crippen molar-refractivity contribution in [1.29, 1.82) is 0 Å². The van der Waals surface area contributed by atoms with Crippen molar-refractivity contribution >= 4 is 11.9 Å². The number of hydrogen-bond acceptors (Lipinski definition) is 2. The van der Waals surface area contributed by atoms with Gasteiger partial charge in [0.1, 0.15) is 0 Å². The molecule has 0 unspecified atom stereocenters. The molecule has 0 aliphatic rings. The number of aliphatic carboxylic acids is 1. The molecule has 0 atom stereocenters. The van der Waals surface area contributed by atoms with Crippen LogP contribution in [0.3, 0.4) is 0 Å². The summed E-state index contributed by atoms with van der Waals surface area (Å²) >= 11 is 0. The number of carbonyl (C=O) groups is 2. The van der Waals surface area contributed by atoms with Crippen molar-refractivity contribution < 1.29 is 14.7 Å². The summed E-state index contributed by atoms with van der Waals surface area (Å²) in [5, 5.41) is 10.6. The number of hydrogen-bond donors (Lipinski definition) is 2. The van der Waals surface area contributed by atoms with Gasteiger partial charge < -0.3 is 10.4 Å². The first-order valence-electron chi connectivity index (χ1n) is 4.66. The fraction of sp³-hybridized carbons (Fsp3) is 0.273. The Morgan fingerprint density at radius 1 is 1.27 bits per heavy atom. The number of amides is 1. The molecule has 0 heterocycles. The van der Waals surface area contributed by atoms with Gasteiger partial charge in [0, 0.05) is 6.54 Å². The second kappa shape index (κ2) is 5.14. The van der Waals surface area contributed by atoms with Gasteiger partial charge in [0.15, 0.2) is 0 Å². The Hall–Kier alpha value is -1.84. The number of aryl methyl sites for hydroxylation is 1. The van der Waals surface area contributed by atoms with Crippen molar-refractivity contribution in [2.45, 2.75) is 13.3 Å². The lowest BCUT2D eigenvalue weighted by Crippen LogP contribution is -2.32. The van der Waals surface area contributed by atoms with E-state index >= 15 is 0 Å². The van der Waals surface area contributed by atoms with E-state index in [9.17, 15) is 9.59 Å². The predicted octanol–water partition coefficient (Wildman–Crippen LogP) is 0.738. The number of carboxylic acids is 1. The molecule has 1 aromatic rings. The lowest BCUT2D eigenvalue weighted by Gasteiger charge is -2.02. The summed E-state index contributed by atoms with van der Waals surface area (Å²) in [6.45, 7) is 2.34. The smallest absolute Gasteiger partial charge is 0.394 e. The van der Waals surface area contributed by atoms with Crippen molar-refractivity contribution in [2.24, 2.45) is 0 Å². The minimum absolute atomic E-state index is 0.341. The molecule has 2 N–H and O–H groups in total. The lowest BCUT2D eigenvalue weighted by molar-refractivity contribution is -0.150. The Morgan fingerprint density at radius 3 is 2.40 bits per heavy atom. The van der Waals surface area contributed by atoms with Gasteiger partial charge in [-0.1, -0.05) is 29.8 Å². The van der Waals surface area contributed by atoms with Gasteiger partial charge in [-0.15, -0.1) is 0 Å². The zero-order valence-corrected chi connectivity index (χ0v) is 8.49. The molecule has 0 spiro atoms. The van der Waals surface area contributed by atoms with Gasteiger partial charge in [-0.05, 0) is 18.9 Å². The van der Waals surface area contributed by atoms with Crippen LogP contribution in [0.4, 0.5) is 0 Å². The van der Waals surface area contributed by atoms with Crippen molar-refractivity contribution in [3.8, 4) is 0 Å². The normalized spacial score (nSPS) is 9.67. The van der Waals surface area contributed by atoms with Crippen LogP contribution in [0.15, 0.2) is 24.3 Å². The summed E-state index contributed by atoms with van der Waals surface area (Å²) in [4.78, 5) is 20.9. The summed E-state index contributed by atoms with van der Waals surface area (Å²) in [6, 6.07) is 7.88. The maximum atomic E-state index is 10.7. The molecule has 0 fully saturated rings. The van der Waals surface area contributed by atoms with E-state index in [2.05, 4.69) is 5.32 Å². The Kier molecular flexibility index (Phi) is 3.85. The molecule has 0 aliphatic carbocycles. The fourth-order valence-corrected chi connectivity index (χ4v) is 1.15. The van der Waals surface area contributed by atoms with E-state index in [-0.39, 0.29) is 0 Å². The average Bonchev–Trinajstić information content (AvgIpc) is 2.20. The van der Waals surface area contributed by atoms with E-state index in [1.807, 2.05) is 31.2 Å². The number of rotatable bonds is 3. The van der Waals surface area contributed by atoms with Crippen molar-refractivity contribution in [1.82, 2.24) is 5.32 Å². The van der Waals surface area contributed by atoms with E-state index in [1.165, 1.54) is 5.56 Å². The van der Waals surface area contributed by atoms with Gasteiger partial charge in [-0.25, -0.2) is 4.79 Å². The number of nitrogens with one attached hydrogen (secondary N) is 1. The molecular formula is C11H13NO3. The molecule has 0 saturated heterocycles. The first-order valence-corrected chi connectivity index (χ1v) is 4.66. The van der Waals surface area contributed by atoms with E-state index < -0.39 is 11.9 Å². The highest BCUT2D eigenvalue weighted by Crippen LogP contribution is 2.02. The molecule has 4 heteroatoms. The SMILES string of the molecule is Cc1ccc(CCNC(=O)C(=O)O)cc1. The van der Waals surface area contributed by atoms with Crippen LogP contribution < -0.4 is 5.32 Å². The predicted molar refractivity (Wildman–Crippen MR) is 55.5 cm³/mol. The van der Waals surface area contributed by atoms with Gasteiger partial charge in [-0.2, -0.15) is 0 Å². The van der Waals surface area contributed by atoms with Crippen molar-refractivity contribution in [3.63, 3.8) is 0 Å². The largest absolute Gasteiger partial charge is 0.474 e. The molecular weight excluding hydrogens is 194 g/mol. The molecule has 0 bridgehead atoms. The molecule has 0 saturated carbocycles. The Bertz CT molecular complexity index is 357. The summed E-state index contributed by atoms with van der Waals surface area (Å²) in [5.41, 5.74) is 2.25. The van der Waals surface area contributed by atoms with Crippen LogP contribution in [0.25, 0.3) is 0 Å². The molecule has 15 heavy (non-hydrogen) atoms. The minimum Gasteiger partial charge on any atom is -0.474 e. The van der Waals surface area contributed by atoms with Crippen LogP contribution in [0.5, 0.6) is 0 Å². The number of benzene rings is 1. The van der Waals surface area contributed by atoms with E-state index in [0.717, 1.165) is 5.56 Å². The third kappa shape index (κ3) is 3.81. The van der Waals surface area contributed by atoms with Crippen LogP contribution in [0.1, 0.15) is 11.1 Å². The van der Waals surface area contributed by atoms with Gasteiger partial charge >= 0.3 is 11.9 Å². The van der Waals surface area contributed by atoms with Gasteiger partial charge in [0.05, 0.1) is 0 Å². The first-order chi connectivity index (χ1) is 7.09. The second-order valence-corrected chi connectivity index (χ2v) is 3.30. The zero-order chi connectivity index (χ0) is 11.3. The quantitative estimate of drug-likeness (QED) is 0.718. The maximum absolute atomic E-state index is 10.7. The van der Waals surface area contributed by atoms with Gasteiger partial charge in [0.2, 0.25) is 0 Å². The van der Waals surface area contributed by atoms with Crippen LogP contribution in [-0.2, 0) is 16.0 Å². The fourth-order valence-electron chi connectivity index (χ4n) is 1.15. The Balaban J connectivity index is 2.35. The van der Waals surface area contributed by atoms with Crippen LogP contribution in [0.2, 0.25) is 0 Å². The van der Waals surface area contributed by atoms with Crippen LogP contribution >= 0.6 is 0 Å². The zero-order valence-electron chi connectivity index (χ0n) is 8.49. The molecule has 80 valence electrons. The topological polar surface area (TPSA) is 66.4 Å². The molecule has 1 aromatic carbocycles. The molecule has 0 aliphatic heterocycles. The van der Waals surface area contributed by atoms with Crippen molar-refractivity contribution in [2.75, 3.05) is 6.54 Å². The highest BCUT2D eigenvalue weighted by molar-refractivity contribution is 6.31. The van der Waals surface area contributed by atoms with Gasteiger partial charge in [-0.3, -0.25) is 4.79 Å². The maximum Gasteiger partial charge on any atom is 0.394 e. The molecule has 0 aromatic heterocycles. The third-order valence-electron chi connectivity index (χ3n) is 2.01. The third-order valence-corrected chi connectivity index (χ3v) is 2.01. The molecule has 4 nitrogen and oxygen atoms in total. The Morgan fingerprint density at radius 2 is 1.87 bits per heavy atom. The van der Waals surface area contributed by atoms with Gasteiger partial charge in [0.25, 0.3) is 0 Å². The Labute approximate surface area is 87.9 Å². The van der Waals surface area contributed by atoms with E-state index in [1.54, 1.807) is 0 Å². The second-order valence-electron chi connectivity index (χ2n) is 3.30. The van der Waals surface area contributed by atoms with E-state index in [0.29, 0.717) is 13.0 Å². The van der Waals surface area contributed by atoms with E-state index in [4.69, 9.17) is 5.11 Å². The number of carbonyl (C=O) groups excluding carboxylic acids is 1. The number of carboxylic acid groups (broad SMARTS) is 1. The molecule has 0 radical (unpaired) electrons. The summed E-state index contributed by atoms with van der Waals surface area (Å²) < 4.78 is 0. The lowest BCUT2D eigenvalue weighted by atomic mass is 10.1. The van der Waals surface area contributed by atoms with Crippen LogP contribution in [0, 0.1) is 6.92 Å². The van der Waals surface area contributed by atoms with Crippen LogP contribution in [-0.4, -0.2) is 23.5 Å². The minimum atomic E-state index is -1.45. The summed E-state index contributed by atoms with van der Waals surface area (Å²) in [6.07, 6.45) is 0.638. The van der Waals surface area contributed by atoms with Crippen molar-refractivity contribution in [3.05, 3.63) is 35.4 Å². The average molecular weight is 207 g/mol. The summed E-state index contributed by atoms with van der Waals surface area (Å²) in [5.74, 6) is -2.40. The highest BCUT2D eigenvalue weighted by Gasteiger charge is 2.08. The monoisotopic (exact) mass is 207 g/mol.